The average molecular weight is 385 g/mol. The molecule has 0 atom stereocenters. The van der Waals surface area contributed by atoms with Crippen LogP contribution in [-0.2, 0) is 12.0 Å². The van der Waals surface area contributed by atoms with E-state index in [0.717, 1.165) is 57.3 Å². The fourth-order valence-electron chi connectivity index (χ4n) is 3.77. The van der Waals surface area contributed by atoms with Gasteiger partial charge in [0.15, 0.2) is 5.76 Å². The second-order valence-electron chi connectivity index (χ2n) is 9.28. The summed E-state index contributed by atoms with van der Waals surface area (Å²) in [6, 6.07) is 8.87. The minimum Gasteiger partial charge on any atom is -0.369 e. The number of hydrogen-bond acceptors (Lipinski definition) is 5. The Hall–Kier alpha value is -1.85. The molecule has 5 nitrogen and oxygen atoms in total. The number of anilines is 1. The molecule has 1 aliphatic heterocycles. The molecule has 1 saturated heterocycles. The minimum atomic E-state index is 0.0375. The van der Waals surface area contributed by atoms with E-state index in [0.29, 0.717) is 0 Å². The number of likely N-dealkylation sites (N-methyl/N-ethyl adjacent to an activating group) is 1. The van der Waals surface area contributed by atoms with Crippen molar-refractivity contribution in [3.63, 3.8) is 0 Å². The summed E-state index contributed by atoms with van der Waals surface area (Å²) in [6.45, 7) is 18.3. The van der Waals surface area contributed by atoms with Crippen LogP contribution in [0.3, 0.4) is 0 Å². The predicted molar refractivity (Wildman–Crippen MR) is 116 cm³/mol. The molecule has 3 rings (SSSR count). The molecular formula is C23H36N4O. The fourth-order valence-corrected chi connectivity index (χ4v) is 3.77. The molecule has 1 fully saturated rings. The van der Waals surface area contributed by atoms with E-state index in [2.05, 4.69) is 85.8 Å². The van der Waals surface area contributed by atoms with E-state index in [1.807, 2.05) is 0 Å². The molecule has 28 heavy (non-hydrogen) atoms. The van der Waals surface area contributed by atoms with Crippen molar-refractivity contribution in [3.05, 3.63) is 46.8 Å². The lowest BCUT2D eigenvalue weighted by Crippen LogP contribution is -2.48. The van der Waals surface area contributed by atoms with Gasteiger partial charge in [0.05, 0.1) is 12.2 Å². The van der Waals surface area contributed by atoms with Crippen LogP contribution in [0.25, 0.3) is 0 Å². The van der Waals surface area contributed by atoms with Gasteiger partial charge in [-0.2, -0.15) is 0 Å². The third-order valence-electron chi connectivity index (χ3n) is 5.62. The first-order chi connectivity index (χ1) is 13.2. The maximum atomic E-state index is 5.52. The standard InChI is InChI=1S/C23H36N4O/c1-18-7-8-21(19(2)15-18)27-13-11-26(12-14-27)10-9-25(6)17-20-16-22(24-28-20)23(3,4)5/h7-8,15-16H,9-14,17H2,1-6H3. The second-order valence-corrected chi connectivity index (χ2v) is 9.28. The molecule has 0 amide bonds. The summed E-state index contributed by atoms with van der Waals surface area (Å²) >= 11 is 0. The fraction of sp³-hybridized carbons (Fsp3) is 0.609. The second kappa shape index (κ2) is 8.66. The van der Waals surface area contributed by atoms with E-state index < -0.39 is 0 Å². The molecule has 0 saturated carbocycles. The normalized spacial score (nSPS) is 16.2. The van der Waals surface area contributed by atoms with Crippen LogP contribution in [-0.4, -0.2) is 61.3 Å². The highest BCUT2D eigenvalue weighted by molar-refractivity contribution is 5.54. The van der Waals surface area contributed by atoms with Crippen molar-refractivity contribution < 1.29 is 4.52 Å². The molecule has 1 aromatic heterocycles. The number of aromatic nitrogens is 1. The maximum Gasteiger partial charge on any atom is 0.150 e. The summed E-state index contributed by atoms with van der Waals surface area (Å²) in [5.41, 5.74) is 5.18. The summed E-state index contributed by atoms with van der Waals surface area (Å²) in [4.78, 5) is 7.42. The largest absolute Gasteiger partial charge is 0.369 e. The van der Waals surface area contributed by atoms with Crippen molar-refractivity contribution in [1.29, 1.82) is 0 Å². The molecule has 0 unspecified atom stereocenters. The molecule has 0 spiro atoms. The Kier molecular flexibility index (Phi) is 6.46. The summed E-state index contributed by atoms with van der Waals surface area (Å²) in [7, 11) is 2.16. The van der Waals surface area contributed by atoms with Crippen molar-refractivity contribution in [2.45, 2.75) is 46.6 Å². The van der Waals surface area contributed by atoms with Crippen molar-refractivity contribution in [3.8, 4) is 0 Å². The summed E-state index contributed by atoms with van der Waals surface area (Å²) in [5, 5.41) is 4.22. The third-order valence-corrected chi connectivity index (χ3v) is 5.62. The van der Waals surface area contributed by atoms with E-state index in [1.165, 1.54) is 16.8 Å². The van der Waals surface area contributed by atoms with Crippen LogP contribution in [0.1, 0.15) is 43.4 Å². The molecule has 0 bridgehead atoms. The van der Waals surface area contributed by atoms with Crippen LogP contribution in [0.4, 0.5) is 5.69 Å². The van der Waals surface area contributed by atoms with Gasteiger partial charge in [-0.05, 0) is 32.5 Å². The molecule has 2 heterocycles. The first-order valence-electron chi connectivity index (χ1n) is 10.4. The van der Waals surface area contributed by atoms with Gasteiger partial charge < -0.3 is 9.42 Å². The van der Waals surface area contributed by atoms with Crippen molar-refractivity contribution in [2.24, 2.45) is 0 Å². The zero-order valence-electron chi connectivity index (χ0n) is 18.5. The van der Waals surface area contributed by atoms with Gasteiger partial charge in [0.25, 0.3) is 0 Å². The number of piperazine rings is 1. The van der Waals surface area contributed by atoms with Crippen LogP contribution < -0.4 is 4.90 Å². The smallest absolute Gasteiger partial charge is 0.150 e. The molecule has 2 aromatic rings. The van der Waals surface area contributed by atoms with Crippen LogP contribution >= 0.6 is 0 Å². The highest BCUT2D eigenvalue weighted by Gasteiger charge is 2.21. The topological polar surface area (TPSA) is 35.8 Å². The summed E-state index contributed by atoms with van der Waals surface area (Å²) < 4.78 is 5.52. The lowest BCUT2D eigenvalue weighted by Gasteiger charge is -2.37. The Bertz CT molecular complexity index is 769. The highest BCUT2D eigenvalue weighted by atomic mass is 16.5. The maximum absolute atomic E-state index is 5.52. The van der Waals surface area contributed by atoms with Crippen LogP contribution in [0.2, 0.25) is 0 Å². The molecule has 0 aliphatic carbocycles. The zero-order chi connectivity index (χ0) is 20.3. The Balaban J connectivity index is 1.43. The van der Waals surface area contributed by atoms with Gasteiger partial charge in [-0.3, -0.25) is 9.80 Å². The monoisotopic (exact) mass is 384 g/mol. The predicted octanol–water partition coefficient (Wildman–Crippen LogP) is 3.84. The molecule has 5 heteroatoms. The SMILES string of the molecule is Cc1ccc(N2CCN(CCN(C)Cc3cc(C(C)(C)C)no3)CC2)c(C)c1. The van der Waals surface area contributed by atoms with Gasteiger partial charge in [-0.25, -0.2) is 0 Å². The molecule has 0 radical (unpaired) electrons. The number of aryl methyl sites for hydroxylation is 2. The molecule has 0 N–H and O–H groups in total. The molecule has 1 aliphatic rings. The lowest BCUT2D eigenvalue weighted by molar-refractivity contribution is 0.201. The van der Waals surface area contributed by atoms with Crippen molar-refractivity contribution in [1.82, 2.24) is 15.0 Å². The summed E-state index contributed by atoms with van der Waals surface area (Å²) in [5.74, 6) is 0.951. The van der Waals surface area contributed by atoms with Gasteiger partial charge in [0, 0.05) is 56.4 Å². The number of benzene rings is 1. The van der Waals surface area contributed by atoms with Gasteiger partial charge in [-0.1, -0.05) is 43.6 Å². The first-order valence-corrected chi connectivity index (χ1v) is 10.4. The third kappa shape index (κ3) is 5.36. The zero-order valence-corrected chi connectivity index (χ0v) is 18.5. The number of rotatable bonds is 6. The van der Waals surface area contributed by atoms with Gasteiger partial charge >= 0.3 is 0 Å². The van der Waals surface area contributed by atoms with E-state index in [4.69, 9.17) is 4.52 Å². The Morgan fingerprint density at radius 2 is 1.79 bits per heavy atom. The molecule has 154 valence electrons. The van der Waals surface area contributed by atoms with Crippen molar-refractivity contribution >= 4 is 5.69 Å². The summed E-state index contributed by atoms with van der Waals surface area (Å²) in [6.07, 6.45) is 0. The number of hydrogen-bond donors (Lipinski definition) is 0. The first kappa shape index (κ1) is 20.9. The van der Waals surface area contributed by atoms with Gasteiger partial charge in [0.2, 0.25) is 0 Å². The molecule has 1 aromatic carbocycles. The van der Waals surface area contributed by atoms with Crippen LogP contribution in [0.15, 0.2) is 28.8 Å². The van der Waals surface area contributed by atoms with E-state index in [9.17, 15) is 0 Å². The van der Waals surface area contributed by atoms with Crippen LogP contribution in [0.5, 0.6) is 0 Å². The Morgan fingerprint density at radius 1 is 1.07 bits per heavy atom. The van der Waals surface area contributed by atoms with E-state index in [-0.39, 0.29) is 5.41 Å². The van der Waals surface area contributed by atoms with Crippen molar-refractivity contribution in [2.75, 3.05) is 51.2 Å². The van der Waals surface area contributed by atoms with Gasteiger partial charge in [-0.15, -0.1) is 0 Å². The van der Waals surface area contributed by atoms with E-state index in [1.54, 1.807) is 0 Å². The van der Waals surface area contributed by atoms with Crippen LogP contribution in [0, 0.1) is 13.8 Å². The quantitative estimate of drug-likeness (QED) is 0.756. The minimum absolute atomic E-state index is 0.0375. The van der Waals surface area contributed by atoms with Gasteiger partial charge in [0.1, 0.15) is 0 Å². The highest BCUT2D eigenvalue weighted by Crippen LogP contribution is 2.23. The Morgan fingerprint density at radius 3 is 2.39 bits per heavy atom. The lowest BCUT2D eigenvalue weighted by atomic mass is 9.92. The average Bonchev–Trinajstić information content (AvgIpc) is 3.09. The van der Waals surface area contributed by atoms with E-state index >= 15 is 0 Å². The molecular weight excluding hydrogens is 348 g/mol. The Labute approximate surface area is 170 Å². The number of nitrogens with zero attached hydrogens (tertiary/aromatic N) is 4.